The average molecular weight is 244 g/mol. The minimum absolute atomic E-state index is 0.0126. The topological polar surface area (TPSA) is 41.1 Å². The van der Waals surface area contributed by atoms with Gasteiger partial charge >= 0.3 is 0 Å². The highest BCUT2D eigenvalue weighted by Crippen LogP contribution is 2.07. The summed E-state index contributed by atoms with van der Waals surface area (Å²) in [6, 6.07) is -0.0126. The highest BCUT2D eigenvalue weighted by atomic mass is 32.2. The van der Waals surface area contributed by atoms with E-state index >= 15 is 0 Å². The number of nitrogens with one attached hydrogen (secondary N) is 2. The Morgan fingerprint density at radius 3 is 3.27 bits per heavy atom. The molecule has 84 valence electrons. The minimum Gasteiger partial charge on any atom is -0.354 e. The minimum atomic E-state index is -0.0126. The average Bonchev–Trinajstić information content (AvgIpc) is 2.30. The van der Waals surface area contributed by atoms with Gasteiger partial charge in [0, 0.05) is 30.3 Å². The van der Waals surface area contributed by atoms with Gasteiger partial charge in [-0.1, -0.05) is 5.92 Å². The lowest BCUT2D eigenvalue weighted by atomic mass is 10.3. The molecule has 0 aromatic rings. The van der Waals surface area contributed by atoms with Crippen molar-refractivity contribution in [3.63, 3.8) is 0 Å². The van der Waals surface area contributed by atoms with E-state index in [-0.39, 0.29) is 11.9 Å². The van der Waals surface area contributed by atoms with Crippen LogP contribution in [0.4, 0.5) is 0 Å². The van der Waals surface area contributed by atoms with Crippen LogP contribution in [0.25, 0.3) is 0 Å². The van der Waals surface area contributed by atoms with Crippen molar-refractivity contribution in [1.82, 2.24) is 10.6 Å². The van der Waals surface area contributed by atoms with Crippen molar-refractivity contribution >= 4 is 29.4 Å². The maximum atomic E-state index is 11.6. The van der Waals surface area contributed by atoms with Crippen molar-refractivity contribution in [2.24, 2.45) is 0 Å². The van der Waals surface area contributed by atoms with Gasteiger partial charge in [0.25, 0.3) is 0 Å². The Kier molecular flexibility index (Phi) is 6.73. The van der Waals surface area contributed by atoms with Crippen molar-refractivity contribution in [2.75, 3.05) is 36.1 Å². The third kappa shape index (κ3) is 5.36. The molecular formula is C10H16N2OS2. The first-order valence-electron chi connectivity index (χ1n) is 4.94. The Balaban J connectivity index is 2.05. The summed E-state index contributed by atoms with van der Waals surface area (Å²) in [4.78, 5) is 11.6. The lowest BCUT2D eigenvalue weighted by Crippen LogP contribution is -2.49. The molecule has 0 bridgehead atoms. The van der Waals surface area contributed by atoms with Crippen LogP contribution < -0.4 is 10.6 Å². The van der Waals surface area contributed by atoms with Crippen LogP contribution in [0, 0.1) is 12.3 Å². The van der Waals surface area contributed by atoms with E-state index < -0.39 is 0 Å². The molecule has 1 rings (SSSR count). The SMILES string of the molecule is C#CCSCCNC(=O)C1CSCCN1. The molecule has 0 spiro atoms. The number of carbonyl (C=O) groups is 1. The van der Waals surface area contributed by atoms with Crippen LogP contribution in [0.1, 0.15) is 0 Å². The Bertz CT molecular complexity index is 234. The Labute approximate surface area is 99.5 Å². The molecule has 5 heteroatoms. The smallest absolute Gasteiger partial charge is 0.238 e. The summed E-state index contributed by atoms with van der Waals surface area (Å²) in [7, 11) is 0. The molecular weight excluding hydrogens is 228 g/mol. The fraction of sp³-hybridized carbons (Fsp3) is 0.700. The molecule has 0 radical (unpaired) electrons. The summed E-state index contributed by atoms with van der Waals surface area (Å²) >= 11 is 3.49. The first-order chi connectivity index (χ1) is 7.34. The number of hydrogen-bond donors (Lipinski definition) is 2. The second-order valence-corrected chi connectivity index (χ2v) is 5.38. The standard InChI is InChI=1S/C10H16N2OS2/c1-2-5-14-6-4-12-10(13)9-8-15-7-3-11-9/h1,9,11H,3-8H2,(H,12,13). The van der Waals surface area contributed by atoms with Gasteiger partial charge in [-0.15, -0.1) is 18.2 Å². The van der Waals surface area contributed by atoms with E-state index in [1.807, 2.05) is 11.8 Å². The van der Waals surface area contributed by atoms with Crippen molar-refractivity contribution in [3.8, 4) is 12.3 Å². The maximum absolute atomic E-state index is 11.6. The number of thioether (sulfide) groups is 2. The molecule has 3 nitrogen and oxygen atoms in total. The second kappa shape index (κ2) is 7.91. The highest BCUT2D eigenvalue weighted by molar-refractivity contribution is 7.99. The first kappa shape index (κ1) is 12.8. The van der Waals surface area contributed by atoms with E-state index in [0.717, 1.165) is 23.8 Å². The first-order valence-corrected chi connectivity index (χ1v) is 7.25. The van der Waals surface area contributed by atoms with Crippen LogP contribution in [-0.2, 0) is 4.79 Å². The molecule has 1 atom stereocenters. The Morgan fingerprint density at radius 2 is 2.60 bits per heavy atom. The quantitative estimate of drug-likeness (QED) is 0.534. The van der Waals surface area contributed by atoms with E-state index in [1.165, 1.54) is 0 Å². The monoisotopic (exact) mass is 244 g/mol. The molecule has 15 heavy (non-hydrogen) atoms. The molecule has 0 aliphatic carbocycles. The summed E-state index contributed by atoms with van der Waals surface area (Å²) < 4.78 is 0. The molecule has 0 saturated carbocycles. The van der Waals surface area contributed by atoms with Gasteiger partial charge in [0.05, 0.1) is 11.8 Å². The normalized spacial score (nSPS) is 20.6. The van der Waals surface area contributed by atoms with Crippen LogP contribution in [0.2, 0.25) is 0 Å². The Hall–Kier alpha value is -0.310. The van der Waals surface area contributed by atoms with Gasteiger partial charge in [-0.3, -0.25) is 4.79 Å². The van der Waals surface area contributed by atoms with E-state index in [4.69, 9.17) is 6.42 Å². The number of terminal acetylenes is 1. The molecule has 1 aliphatic rings. The van der Waals surface area contributed by atoms with Gasteiger partial charge in [0.15, 0.2) is 0 Å². The van der Waals surface area contributed by atoms with Crippen LogP contribution in [0.3, 0.4) is 0 Å². The highest BCUT2D eigenvalue weighted by Gasteiger charge is 2.19. The number of rotatable bonds is 5. The van der Waals surface area contributed by atoms with Gasteiger partial charge < -0.3 is 10.6 Å². The van der Waals surface area contributed by atoms with Crippen molar-refractivity contribution in [1.29, 1.82) is 0 Å². The van der Waals surface area contributed by atoms with Crippen molar-refractivity contribution in [3.05, 3.63) is 0 Å². The van der Waals surface area contributed by atoms with Gasteiger partial charge in [-0.25, -0.2) is 0 Å². The summed E-state index contributed by atoms with van der Waals surface area (Å²) in [6.45, 7) is 1.63. The largest absolute Gasteiger partial charge is 0.354 e. The third-order valence-corrected chi connectivity index (χ3v) is 3.89. The van der Waals surface area contributed by atoms with Crippen LogP contribution in [0.15, 0.2) is 0 Å². The molecule has 1 saturated heterocycles. The fourth-order valence-corrected chi connectivity index (χ4v) is 2.68. The number of amides is 1. The second-order valence-electron chi connectivity index (χ2n) is 3.13. The van der Waals surface area contributed by atoms with Gasteiger partial charge in [-0.05, 0) is 0 Å². The third-order valence-electron chi connectivity index (χ3n) is 1.97. The zero-order valence-electron chi connectivity index (χ0n) is 8.62. The predicted molar refractivity (Wildman–Crippen MR) is 68.3 cm³/mol. The van der Waals surface area contributed by atoms with E-state index in [0.29, 0.717) is 12.3 Å². The van der Waals surface area contributed by atoms with Crippen LogP contribution in [0.5, 0.6) is 0 Å². The Morgan fingerprint density at radius 1 is 1.73 bits per heavy atom. The zero-order valence-corrected chi connectivity index (χ0v) is 10.3. The summed E-state index contributed by atoms with van der Waals surface area (Å²) in [6.07, 6.45) is 5.12. The van der Waals surface area contributed by atoms with Gasteiger partial charge in [-0.2, -0.15) is 11.8 Å². The van der Waals surface area contributed by atoms with E-state index in [9.17, 15) is 4.79 Å². The van der Waals surface area contributed by atoms with Crippen LogP contribution in [-0.4, -0.2) is 48.0 Å². The van der Waals surface area contributed by atoms with Crippen LogP contribution >= 0.6 is 23.5 Å². The molecule has 1 fully saturated rings. The molecule has 1 aliphatic heterocycles. The molecule has 0 aromatic heterocycles. The molecule has 1 amide bonds. The summed E-state index contributed by atoms with van der Waals surface area (Å²) in [5, 5.41) is 6.11. The fourth-order valence-electron chi connectivity index (χ4n) is 1.23. The van der Waals surface area contributed by atoms with Crippen molar-refractivity contribution in [2.45, 2.75) is 6.04 Å². The number of hydrogen-bond acceptors (Lipinski definition) is 4. The van der Waals surface area contributed by atoms with E-state index in [2.05, 4.69) is 16.6 Å². The molecule has 0 aromatic carbocycles. The predicted octanol–water partition coefficient (Wildman–Crippen LogP) is 0.174. The number of carbonyl (C=O) groups excluding carboxylic acids is 1. The van der Waals surface area contributed by atoms with E-state index in [1.54, 1.807) is 11.8 Å². The molecule has 1 unspecified atom stereocenters. The zero-order chi connectivity index (χ0) is 10.9. The van der Waals surface area contributed by atoms with Crippen molar-refractivity contribution < 1.29 is 4.79 Å². The summed E-state index contributed by atoms with van der Waals surface area (Å²) in [5.74, 6) is 6.25. The molecule has 1 heterocycles. The van der Waals surface area contributed by atoms with Gasteiger partial charge in [0.1, 0.15) is 0 Å². The van der Waals surface area contributed by atoms with Gasteiger partial charge in [0.2, 0.25) is 5.91 Å². The molecule has 2 N–H and O–H groups in total. The lowest BCUT2D eigenvalue weighted by Gasteiger charge is -2.22. The lowest BCUT2D eigenvalue weighted by molar-refractivity contribution is -0.122. The maximum Gasteiger partial charge on any atom is 0.238 e. The summed E-state index contributed by atoms with van der Waals surface area (Å²) in [5.41, 5.74) is 0.